The smallest absolute Gasteiger partial charge is 0.257 e. The molecule has 8 heteroatoms. The zero-order valence-corrected chi connectivity index (χ0v) is 12.4. The topological polar surface area (TPSA) is 90.4 Å². The van der Waals surface area contributed by atoms with E-state index in [1.165, 1.54) is 0 Å². The highest BCUT2D eigenvalue weighted by atomic mass is 16.5. The Labute approximate surface area is 126 Å². The Morgan fingerprint density at radius 1 is 1.32 bits per heavy atom. The summed E-state index contributed by atoms with van der Waals surface area (Å²) in [4.78, 5) is 8.98. The first-order chi connectivity index (χ1) is 10.7. The van der Waals surface area contributed by atoms with Crippen LogP contribution in [0.25, 0.3) is 17.0 Å². The predicted octanol–water partition coefficient (Wildman–Crippen LogP) is 1.06. The zero-order chi connectivity index (χ0) is 15.1. The van der Waals surface area contributed by atoms with Gasteiger partial charge in [-0.1, -0.05) is 5.16 Å². The maximum Gasteiger partial charge on any atom is 0.257 e. The molecule has 114 valence electrons. The molecule has 0 unspecified atom stereocenters. The number of morpholine rings is 1. The molecule has 0 amide bonds. The van der Waals surface area contributed by atoms with Crippen LogP contribution in [-0.4, -0.2) is 44.4 Å². The van der Waals surface area contributed by atoms with Crippen LogP contribution in [0.5, 0.6) is 0 Å². The number of hydrogen-bond donors (Lipinski definition) is 1. The van der Waals surface area contributed by atoms with Crippen LogP contribution in [0.2, 0.25) is 0 Å². The van der Waals surface area contributed by atoms with Gasteiger partial charge < -0.3 is 14.6 Å². The highest BCUT2D eigenvalue weighted by Gasteiger charge is 2.24. The lowest BCUT2D eigenvalue weighted by molar-refractivity contribution is 0.00755. The number of nitrogens with zero attached hydrogens (tertiary/aromatic N) is 5. The number of ether oxygens (including phenoxy) is 1. The van der Waals surface area contributed by atoms with Crippen LogP contribution in [-0.2, 0) is 4.74 Å². The Morgan fingerprint density at radius 3 is 3.05 bits per heavy atom. The summed E-state index contributed by atoms with van der Waals surface area (Å²) in [5.74, 6) is 0.961. The van der Waals surface area contributed by atoms with Gasteiger partial charge in [0.25, 0.3) is 5.89 Å². The van der Waals surface area contributed by atoms with Crippen LogP contribution >= 0.6 is 0 Å². The summed E-state index contributed by atoms with van der Waals surface area (Å²) in [5, 5.41) is 11.6. The number of nitrogens with one attached hydrogen (secondary N) is 1. The van der Waals surface area contributed by atoms with Gasteiger partial charge in [0.05, 0.1) is 18.4 Å². The number of aromatic nitrogens is 5. The summed E-state index contributed by atoms with van der Waals surface area (Å²) in [6, 6.07) is 1.98. The number of aryl methyl sites for hydroxylation is 2. The molecule has 3 aromatic rings. The minimum absolute atomic E-state index is 0.201. The highest BCUT2D eigenvalue weighted by Crippen LogP contribution is 2.24. The van der Waals surface area contributed by atoms with Gasteiger partial charge in [-0.25, -0.2) is 9.50 Å². The molecule has 0 saturated carbocycles. The zero-order valence-electron chi connectivity index (χ0n) is 12.4. The lowest BCUT2D eigenvalue weighted by Gasteiger charge is -2.19. The second kappa shape index (κ2) is 5.15. The van der Waals surface area contributed by atoms with Crippen molar-refractivity contribution < 1.29 is 9.26 Å². The Morgan fingerprint density at radius 2 is 2.23 bits per heavy atom. The van der Waals surface area contributed by atoms with Crippen LogP contribution in [0.15, 0.2) is 16.8 Å². The summed E-state index contributed by atoms with van der Waals surface area (Å²) in [7, 11) is 0. The van der Waals surface area contributed by atoms with Gasteiger partial charge in [-0.05, 0) is 19.9 Å². The van der Waals surface area contributed by atoms with Gasteiger partial charge in [-0.3, -0.25) is 0 Å². The fourth-order valence-corrected chi connectivity index (χ4v) is 2.63. The Kier molecular flexibility index (Phi) is 3.12. The Hall–Kier alpha value is -2.32. The summed E-state index contributed by atoms with van der Waals surface area (Å²) >= 11 is 0. The van der Waals surface area contributed by atoms with Gasteiger partial charge >= 0.3 is 0 Å². The van der Waals surface area contributed by atoms with Crippen molar-refractivity contribution in [3.8, 4) is 11.4 Å². The Balaban J connectivity index is 1.74. The van der Waals surface area contributed by atoms with E-state index in [0.717, 1.165) is 29.1 Å². The Bertz CT molecular complexity index is 818. The van der Waals surface area contributed by atoms with Crippen LogP contribution < -0.4 is 5.32 Å². The third-order valence-electron chi connectivity index (χ3n) is 3.66. The van der Waals surface area contributed by atoms with Gasteiger partial charge in [0.15, 0.2) is 5.65 Å². The average Bonchev–Trinajstić information content (AvgIpc) is 3.14. The number of hydrogen-bond acceptors (Lipinski definition) is 7. The maximum atomic E-state index is 5.63. The van der Waals surface area contributed by atoms with Crippen LogP contribution in [0.1, 0.15) is 23.4 Å². The highest BCUT2D eigenvalue weighted by molar-refractivity contribution is 5.72. The van der Waals surface area contributed by atoms with E-state index >= 15 is 0 Å². The third kappa shape index (κ3) is 2.16. The van der Waals surface area contributed by atoms with Crippen LogP contribution in [0, 0.1) is 13.8 Å². The molecular weight excluding hydrogens is 284 g/mol. The summed E-state index contributed by atoms with van der Waals surface area (Å²) in [6.45, 7) is 6.09. The molecule has 1 fully saturated rings. The number of fused-ring (bicyclic) bond motifs is 1. The van der Waals surface area contributed by atoms with Gasteiger partial charge in [-0.15, -0.1) is 0 Å². The van der Waals surface area contributed by atoms with E-state index in [1.807, 2.05) is 19.9 Å². The normalized spacial score (nSPS) is 18.9. The van der Waals surface area contributed by atoms with E-state index in [1.54, 1.807) is 10.7 Å². The molecule has 22 heavy (non-hydrogen) atoms. The quantitative estimate of drug-likeness (QED) is 0.756. The first-order valence-corrected chi connectivity index (χ1v) is 7.20. The molecule has 1 aliphatic rings. The molecule has 3 aromatic heterocycles. The van der Waals surface area contributed by atoms with Crippen molar-refractivity contribution >= 4 is 5.65 Å². The lowest BCUT2D eigenvalue weighted by atomic mass is 10.3. The molecule has 8 nitrogen and oxygen atoms in total. The molecule has 0 bridgehead atoms. The number of rotatable bonds is 2. The minimum Gasteiger partial charge on any atom is -0.366 e. The average molecular weight is 300 g/mol. The van der Waals surface area contributed by atoms with Crippen LogP contribution in [0.4, 0.5) is 0 Å². The largest absolute Gasteiger partial charge is 0.366 e. The molecular formula is C14H16N6O2. The fourth-order valence-electron chi connectivity index (χ4n) is 2.63. The van der Waals surface area contributed by atoms with Crippen molar-refractivity contribution in [3.63, 3.8) is 0 Å². The van der Waals surface area contributed by atoms with Crippen LogP contribution in [0.3, 0.4) is 0 Å². The monoisotopic (exact) mass is 300 g/mol. The SMILES string of the molecule is Cc1cc(C)n2ncc(-c3noc([C@H]4CNCCO4)n3)c2n1. The van der Waals surface area contributed by atoms with Gasteiger partial charge in [0.2, 0.25) is 5.82 Å². The molecule has 0 aliphatic carbocycles. The maximum absolute atomic E-state index is 5.63. The van der Waals surface area contributed by atoms with Crippen molar-refractivity contribution in [3.05, 3.63) is 29.5 Å². The fraction of sp³-hybridized carbons (Fsp3) is 0.429. The molecule has 1 atom stereocenters. The molecule has 1 saturated heterocycles. The van der Waals surface area contributed by atoms with E-state index in [2.05, 4.69) is 25.5 Å². The van der Waals surface area contributed by atoms with E-state index < -0.39 is 0 Å². The molecule has 4 rings (SSSR count). The molecule has 0 aromatic carbocycles. The van der Waals surface area contributed by atoms with Crippen molar-refractivity contribution in [1.29, 1.82) is 0 Å². The van der Waals surface area contributed by atoms with Crippen molar-refractivity contribution in [2.75, 3.05) is 19.7 Å². The van der Waals surface area contributed by atoms with Crippen molar-refractivity contribution in [1.82, 2.24) is 30.1 Å². The lowest BCUT2D eigenvalue weighted by Crippen LogP contribution is -2.33. The second-order valence-corrected chi connectivity index (χ2v) is 5.35. The van der Waals surface area contributed by atoms with Gasteiger partial charge in [0.1, 0.15) is 6.10 Å². The molecule has 0 spiro atoms. The summed E-state index contributed by atoms with van der Waals surface area (Å²) in [6.07, 6.45) is 1.51. The predicted molar refractivity (Wildman–Crippen MR) is 77.3 cm³/mol. The molecule has 1 N–H and O–H groups in total. The minimum atomic E-state index is -0.201. The summed E-state index contributed by atoms with van der Waals surface area (Å²) in [5.41, 5.74) is 3.42. The van der Waals surface area contributed by atoms with Crippen molar-refractivity contribution in [2.45, 2.75) is 20.0 Å². The molecule has 0 radical (unpaired) electrons. The first kappa shape index (κ1) is 13.4. The van der Waals surface area contributed by atoms with Gasteiger partial charge in [0, 0.05) is 24.5 Å². The van der Waals surface area contributed by atoms with E-state index in [0.29, 0.717) is 24.9 Å². The van der Waals surface area contributed by atoms with Gasteiger partial charge in [-0.2, -0.15) is 10.1 Å². The van der Waals surface area contributed by atoms with E-state index in [-0.39, 0.29) is 6.10 Å². The van der Waals surface area contributed by atoms with Crippen molar-refractivity contribution in [2.24, 2.45) is 0 Å². The molecule has 1 aliphatic heterocycles. The second-order valence-electron chi connectivity index (χ2n) is 5.35. The molecule has 4 heterocycles. The third-order valence-corrected chi connectivity index (χ3v) is 3.66. The van der Waals surface area contributed by atoms with E-state index in [9.17, 15) is 0 Å². The van der Waals surface area contributed by atoms with E-state index in [4.69, 9.17) is 9.26 Å². The standard InChI is InChI=1S/C14H16N6O2/c1-8-5-9(2)20-13(17-8)10(6-16-20)12-18-14(22-19-12)11-7-15-3-4-21-11/h5-6,11,15H,3-4,7H2,1-2H3/t11-/m1/s1. The summed E-state index contributed by atoms with van der Waals surface area (Å²) < 4.78 is 12.7. The first-order valence-electron chi connectivity index (χ1n) is 7.20.